The number of aliphatic hydroxyl groups is 1. The lowest BCUT2D eigenvalue weighted by molar-refractivity contribution is -0.132. The van der Waals surface area contributed by atoms with Gasteiger partial charge in [0.1, 0.15) is 0 Å². The lowest BCUT2D eigenvalue weighted by Gasteiger charge is -2.32. The van der Waals surface area contributed by atoms with Crippen molar-refractivity contribution in [2.45, 2.75) is 32.8 Å². The third-order valence-electron chi connectivity index (χ3n) is 3.53. The van der Waals surface area contributed by atoms with Crippen LogP contribution in [0, 0.1) is 0 Å². The van der Waals surface area contributed by atoms with Crippen molar-refractivity contribution in [3.8, 4) is 0 Å². The predicted octanol–water partition coefficient (Wildman–Crippen LogP) is 0.884. The maximum absolute atomic E-state index is 12.2. The van der Waals surface area contributed by atoms with Gasteiger partial charge in [-0.05, 0) is 26.7 Å². The average molecular weight is 284 g/mol. The summed E-state index contributed by atoms with van der Waals surface area (Å²) < 4.78 is 5.52. The summed E-state index contributed by atoms with van der Waals surface area (Å²) in [6.45, 7) is 11.9. The van der Waals surface area contributed by atoms with Gasteiger partial charge in [-0.25, -0.2) is 0 Å². The summed E-state index contributed by atoms with van der Waals surface area (Å²) in [5, 5.41) is 8.74. The Morgan fingerprint density at radius 3 is 2.60 bits per heavy atom. The minimum Gasteiger partial charge on any atom is -0.394 e. The van der Waals surface area contributed by atoms with Gasteiger partial charge >= 0.3 is 0 Å². The monoisotopic (exact) mass is 284 g/mol. The molecule has 1 aliphatic heterocycles. The number of hydrogen-bond acceptors (Lipinski definition) is 4. The van der Waals surface area contributed by atoms with E-state index in [2.05, 4.69) is 11.5 Å². The van der Waals surface area contributed by atoms with E-state index in [9.17, 15) is 4.79 Å². The van der Waals surface area contributed by atoms with Crippen LogP contribution in [0.5, 0.6) is 0 Å². The molecule has 1 fully saturated rings. The molecule has 1 amide bonds. The number of ether oxygens (including phenoxy) is 1. The van der Waals surface area contributed by atoms with Crippen LogP contribution in [0.4, 0.5) is 0 Å². The van der Waals surface area contributed by atoms with E-state index in [1.54, 1.807) is 0 Å². The van der Waals surface area contributed by atoms with Gasteiger partial charge in [-0.15, -0.1) is 0 Å². The second-order valence-corrected chi connectivity index (χ2v) is 5.43. The normalized spacial score (nSPS) is 17.1. The van der Waals surface area contributed by atoms with Crippen LogP contribution in [0.1, 0.15) is 26.7 Å². The number of carbonyl (C=O) groups excluding carboxylic acids is 1. The molecule has 0 atom stereocenters. The van der Waals surface area contributed by atoms with Gasteiger partial charge in [0.2, 0.25) is 5.91 Å². The molecule has 0 aliphatic carbocycles. The summed E-state index contributed by atoms with van der Waals surface area (Å²) in [7, 11) is 0. The van der Waals surface area contributed by atoms with Crippen LogP contribution >= 0.6 is 0 Å². The van der Waals surface area contributed by atoms with Gasteiger partial charge in [-0.3, -0.25) is 9.69 Å². The van der Waals surface area contributed by atoms with Crippen molar-refractivity contribution in [2.75, 3.05) is 45.9 Å². The van der Waals surface area contributed by atoms with Crippen molar-refractivity contribution in [3.05, 3.63) is 12.2 Å². The van der Waals surface area contributed by atoms with Gasteiger partial charge in [0, 0.05) is 26.2 Å². The Bertz CT molecular complexity index is 312. The molecule has 1 N–H and O–H groups in total. The molecule has 116 valence electrons. The van der Waals surface area contributed by atoms with E-state index in [4.69, 9.17) is 9.84 Å². The van der Waals surface area contributed by atoms with Crippen LogP contribution in [-0.2, 0) is 9.53 Å². The van der Waals surface area contributed by atoms with E-state index in [1.807, 2.05) is 18.7 Å². The summed E-state index contributed by atoms with van der Waals surface area (Å²) in [6, 6.07) is 0. The van der Waals surface area contributed by atoms with Crippen LogP contribution in [0.15, 0.2) is 12.2 Å². The lowest BCUT2D eigenvalue weighted by atomic mass is 10.1. The predicted molar refractivity (Wildman–Crippen MR) is 79.6 cm³/mol. The minimum absolute atomic E-state index is 0.0745. The standard InChI is InChI=1S/C15H28N2O3/c1-4-17(11-13(2)3)15(19)12-16-7-5-14(6-8-16)20-10-9-18/h14,18H,2,4-12H2,1,3H3. The Hall–Kier alpha value is -0.910. The van der Waals surface area contributed by atoms with E-state index in [0.717, 1.165) is 38.0 Å². The number of hydrogen-bond donors (Lipinski definition) is 1. The first-order valence-electron chi connectivity index (χ1n) is 7.43. The van der Waals surface area contributed by atoms with Gasteiger partial charge in [0.15, 0.2) is 0 Å². The topological polar surface area (TPSA) is 53.0 Å². The van der Waals surface area contributed by atoms with Crippen LogP contribution in [0.2, 0.25) is 0 Å². The second kappa shape index (κ2) is 9.10. The van der Waals surface area contributed by atoms with Gasteiger partial charge in [-0.2, -0.15) is 0 Å². The Morgan fingerprint density at radius 2 is 2.10 bits per heavy atom. The van der Waals surface area contributed by atoms with Gasteiger partial charge < -0.3 is 14.7 Å². The van der Waals surface area contributed by atoms with Crippen molar-refractivity contribution in [3.63, 3.8) is 0 Å². The quantitative estimate of drug-likeness (QED) is 0.672. The fourth-order valence-electron chi connectivity index (χ4n) is 2.45. The number of nitrogens with zero attached hydrogens (tertiary/aromatic N) is 2. The second-order valence-electron chi connectivity index (χ2n) is 5.43. The van der Waals surface area contributed by atoms with Crippen LogP contribution < -0.4 is 0 Å². The molecule has 0 aromatic heterocycles. The van der Waals surface area contributed by atoms with Gasteiger partial charge in [-0.1, -0.05) is 12.2 Å². The first kappa shape index (κ1) is 17.1. The zero-order valence-corrected chi connectivity index (χ0v) is 12.8. The number of carbonyl (C=O) groups is 1. The molecule has 5 nitrogen and oxygen atoms in total. The fraction of sp³-hybridized carbons (Fsp3) is 0.800. The van der Waals surface area contributed by atoms with Crippen molar-refractivity contribution in [1.29, 1.82) is 0 Å². The number of piperidine rings is 1. The van der Waals surface area contributed by atoms with E-state index in [-0.39, 0.29) is 18.6 Å². The molecule has 0 unspecified atom stereocenters. The highest BCUT2D eigenvalue weighted by atomic mass is 16.5. The van der Waals surface area contributed by atoms with Crippen molar-refractivity contribution in [2.24, 2.45) is 0 Å². The molecule has 0 bridgehead atoms. The van der Waals surface area contributed by atoms with Crippen molar-refractivity contribution < 1.29 is 14.6 Å². The average Bonchev–Trinajstić information content (AvgIpc) is 2.43. The number of likely N-dealkylation sites (N-methyl/N-ethyl adjacent to an activating group) is 1. The summed E-state index contributed by atoms with van der Waals surface area (Å²) in [6.07, 6.45) is 2.09. The SMILES string of the molecule is C=C(C)CN(CC)C(=O)CN1CCC(OCCO)CC1. The Labute approximate surface area is 122 Å². The zero-order valence-electron chi connectivity index (χ0n) is 12.8. The molecule has 20 heavy (non-hydrogen) atoms. The van der Waals surface area contributed by atoms with Gasteiger partial charge in [0.25, 0.3) is 0 Å². The first-order valence-corrected chi connectivity index (χ1v) is 7.43. The molecular formula is C15H28N2O3. The van der Waals surface area contributed by atoms with E-state index in [1.165, 1.54) is 0 Å². The fourth-order valence-corrected chi connectivity index (χ4v) is 2.45. The molecule has 5 heteroatoms. The summed E-state index contributed by atoms with van der Waals surface area (Å²) >= 11 is 0. The highest BCUT2D eigenvalue weighted by Gasteiger charge is 2.22. The van der Waals surface area contributed by atoms with Gasteiger partial charge in [0.05, 0.1) is 25.9 Å². The summed E-state index contributed by atoms with van der Waals surface area (Å²) in [4.78, 5) is 16.2. The minimum atomic E-state index is 0.0745. The summed E-state index contributed by atoms with van der Waals surface area (Å²) in [5.74, 6) is 0.172. The third kappa shape index (κ3) is 6.03. The Balaban J connectivity index is 2.31. The molecule has 1 saturated heterocycles. The molecular weight excluding hydrogens is 256 g/mol. The highest BCUT2D eigenvalue weighted by Crippen LogP contribution is 2.13. The zero-order chi connectivity index (χ0) is 15.0. The molecule has 0 radical (unpaired) electrons. The maximum atomic E-state index is 12.2. The first-order chi connectivity index (χ1) is 9.56. The number of aliphatic hydroxyl groups excluding tert-OH is 1. The molecule has 0 saturated carbocycles. The summed E-state index contributed by atoms with van der Waals surface area (Å²) in [5.41, 5.74) is 1.01. The number of likely N-dealkylation sites (tertiary alicyclic amines) is 1. The maximum Gasteiger partial charge on any atom is 0.237 e. The van der Waals surface area contributed by atoms with E-state index >= 15 is 0 Å². The van der Waals surface area contributed by atoms with E-state index < -0.39 is 0 Å². The van der Waals surface area contributed by atoms with Crippen molar-refractivity contribution in [1.82, 2.24) is 9.80 Å². The van der Waals surface area contributed by atoms with Crippen LogP contribution in [0.25, 0.3) is 0 Å². The number of amides is 1. The molecule has 1 aliphatic rings. The Morgan fingerprint density at radius 1 is 1.45 bits per heavy atom. The smallest absolute Gasteiger partial charge is 0.237 e. The number of rotatable bonds is 8. The molecule has 0 aromatic rings. The third-order valence-corrected chi connectivity index (χ3v) is 3.53. The van der Waals surface area contributed by atoms with E-state index in [0.29, 0.717) is 19.7 Å². The molecule has 0 aromatic carbocycles. The largest absolute Gasteiger partial charge is 0.394 e. The molecule has 1 rings (SSSR count). The molecule has 1 heterocycles. The van der Waals surface area contributed by atoms with Crippen molar-refractivity contribution >= 4 is 5.91 Å². The Kier molecular flexibility index (Phi) is 7.80. The highest BCUT2D eigenvalue weighted by molar-refractivity contribution is 5.78. The van der Waals surface area contributed by atoms with Crippen LogP contribution in [-0.4, -0.2) is 72.9 Å². The van der Waals surface area contributed by atoms with Crippen LogP contribution in [0.3, 0.4) is 0 Å². The lowest BCUT2D eigenvalue weighted by Crippen LogP contribution is -2.45. The molecule has 0 spiro atoms.